The molecule has 3 aromatic rings. The van der Waals surface area contributed by atoms with Gasteiger partial charge in [0.05, 0.1) is 38.9 Å². The quantitative estimate of drug-likeness (QED) is 0.0563. The zero-order chi connectivity index (χ0) is 42.1. The van der Waals surface area contributed by atoms with Crippen LogP contribution in [0.4, 0.5) is 13.6 Å². The Hall–Kier alpha value is -5.55. The van der Waals surface area contributed by atoms with E-state index in [0.717, 1.165) is 52.8 Å². The molecular formula is C41H46ClF2N5O10. The highest BCUT2D eigenvalue weighted by Gasteiger charge is 2.49. The molecule has 0 spiro atoms. The maximum Gasteiger partial charge on any atom is 0.410 e. The number of fused-ring (bicyclic) bond motifs is 2. The van der Waals surface area contributed by atoms with Gasteiger partial charge in [0.15, 0.2) is 11.6 Å². The van der Waals surface area contributed by atoms with Crippen molar-refractivity contribution in [3.63, 3.8) is 0 Å². The monoisotopic (exact) mass is 841 g/mol. The highest BCUT2D eigenvalue weighted by atomic mass is 35.5. The number of primary amides is 1. The van der Waals surface area contributed by atoms with Crippen molar-refractivity contribution in [1.29, 1.82) is 0 Å². The van der Waals surface area contributed by atoms with Crippen LogP contribution in [0.1, 0.15) is 67.2 Å². The van der Waals surface area contributed by atoms with E-state index in [0.29, 0.717) is 43.6 Å². The average molecular weight is 842 g/mol. The lowest BCUT2D eigenvalue weighted by Crippen LogP contribution is -2.49. The second-order valence-electron chi connectivity index (χ2n) is 14.5. The number of ether oxygens (including phenoxy) is 4. The number of aromatic nitrogens is 1. The standard InChI is InChI=1S/C41H46ClF2N5O10/c1-25-28(14-16-46-39(25)57-18-15-35(45)50)24-47(29-8-9-29)40(51)36-31(23-30-10-13-34(36)48(30)41(52)58-21-19-55-20-22-59-49(53)54)27-6-4-26(5-7-27)3-2-17-56-38-33(44)12-11-32(43)37(38)42/h4-7,11-12,14,16,29-30,34H,2-3,8-10,13,15,17-24H2,1H3,(H2,45,50). The lowest BCUT2D eigenvalue weighted by molar-refractivity contribution is -0.758. The molecule has 2 fully saturated rings. The van der Waals surface area contributed by atoms with Crippen LogP contribution >= 0.6 is 11.6 Å². The molecule has 15 nitrogen and oxygen atoms in total. The van der Waals surface area contributed by atoms with E-state index >= 15 is 4.79 Å². The van der Waals surface area contributed by atoms with Crippen LogP contribution in [-0.2, 0) is 36.9 Å². The van der Waals surface area contributed by atoms with Crippen LogP contribution in [-0.4, -0.2) is 95.5 Å². The van der Waals surface area contributed by atoms with Crippen LogP contribution in [0.25, 0.3) is 5.57 Å². The number of pyridine rings is 1. The number of rotatable bonds is 21. The van der Waals surface area contributed by atoms with E-state index in [1.807, 2.05) is 42.2 Å². The van der Waals surface area contributed by atoms with Gasteiger partial charge in [0, 0.05) is 36.0 Å². The zero-order valence-electron chi connectivity index (χ0n) is 32.5. The fourth-order valence-corrected chi connectivity index (χ4v) is 7.65. The summed E-state index contributed by atoms with van der Waals surface area (Å²) in [7, 11) is 0. The van der Waals surface area contributed by atoms with Crippen LogP contribution in [0.5, 0.6) is 11.6 Å². The van der Waals surface area contributed by atoms with Crippen molar-refractivity contribution >= 4 is 35.1 Å². The largest absolute Gasteiger partial charge is 0.489 e. The van der Waals surface area contributed by atoms with Crippen LogP contribution in [0.3, 0.4) is 0 Å². The first-order valence-corrected chi connectivity index (χ1v) is 19.9. The molecule has 2 aromatic carbocycles. The molecule has 1 aromatic heterocycles. The SMILES string of the molecule is Cc1c(CN(C(=O)C2=C(c3ccc(CCCOc4c(F)ccc(F)c4Cl)cc3)CC3CCC2N3C(=O)OCCOCCO[N+](=O)[O-])C2CC2)ccnc1OCCC(N)=O. The fraction of sp³-hybridized carbons (Fsp3) is 0.463. The molecule has 2 aliphatic heterocycles. The predicted molar refractivity (Wildman–Crippen MR) is 209 cm³/mol. The lowest BCUT2D eigenvalue weighted by Gasteiger charge is -2.38. The molecule has 0 radical (unpaired) electrons. The van der Waals surface area contributed by atoms with Crippen molar-refractivity contribution in [2.45, 2.75) is 83.0 Å². The van der Waals surface area contributed by atoms with Gasteiger partial charge in [-0.05, 0) is 92.3 Å². The Morgan fingerprint density at radius 3 is 2.44 bits per heavy atom. The summed E-state index contributed by atoms with van der Waals surface area (Å²) in [4.78, 5) is 62.4. The van der Waals surface area contributed by atoms with Crippen molar-refractivity contribution in [2.24, 2.45) is 5.73 Å². The number of carbonyl (C=O) groups excluding carboxylic acids is 3. The maximum absolute atomic E-state index is 15.0. The Labute approximate surface area is 344 Å². The summed E-state index contributed by atoms with van der Waals surface area (Å²) in [5.41, 5.74) is 10.0. The second-order valence-corrected chi connectivity index (χ2v) is 14.9. The summed E-state index contributed by atoms with van der Waals surface area (Å²) in [6.45, 7) is 1.91. The number of halogens is 3. The smallest absolute Gasteiger partial charge is 0.410 e. The molecule has 1 aliphatic carbocycles. The molecule has 3 amide bonds. The van der Waals surface area contributed by atoms with Crippen molar-refractivity contribution in [3.8, 4) is 11.6 Å². The highest BCUT2D eigenvalue weighted by Crippen LogP contribution is 2.45. The number of nitrogens with two attached hydrogens (primary N) is 1. The molecule has 3 heterocycles. The highest BCUT2D eigenvalue weighted by molar-refractivity contribution is 6.32. The molecule has 3 aliphatic rings. The van der Waals surface area contributed by atoms with E-state index in [9.17, 15) is 28.5 Å². The van der Waals surface area contributed by atoms with E-state index in [2.05, 4.69) is 9.82 Å². The van der Waals surface area contributed by atoms with E-state index in [1.54, 1.807) is 11.1 Å². The Morgan fingerprint density at radius 1 is 0.966 bits per heavy atom. The minimum Gasteiger partial charge on any atom is -0.489 e. The normalized spacial score (nSPS) is 17.1. The van der Waals surface area contributed by atoms with E-state index < -0.39 is 39.8 Å². The van der Waals surface area contributed by atoms with Gasteiger partial charge in [-0.15, -0.1) is 10.1 Å². The number of benzene rings is 2. The zero-order valence-corrected chi connectivity index (χ0v) is 33.3. The van der Waals surface area contributed by atoms with Gasteiger partial charge in [0.2, 0.25) is 11.8 Å². The molecule has 2 atom stereocenters. The first kappa shape index (κ1) is 43.0. The molecule has 2 unspecified atom stereocenters. The molecular weight excluding hydrogens is 796 g/mol. The van der Waals surface area contributed by atoms with Gasteiger partial charge in [-0.25, -0.2) is 18.6 Å². The maximum atomic E-state index is 15.0. The number of hydrogen-bond donors (Lipinski definition) is 1. The number of aryl methyl sites for hydroxylation is 1. The van der Waals surface area contributed by atoms with Gasteiger partial charge in [-0.1, -0.05) is 35.9 Å². The Bertz CT molecular complexity index is 2050. The molecule has 2 N–H and O–H groups in total. The van der Waals surface area contributed by atoms with Crippen LogP contribution < -0.4 is 15.2 Å². The molecule has 316 valence electrons. The van der Waals surface area contributed by atoms with Crippen LogP contribution in [0.2, 0.25) is 5.02 Å². The molecule has 59 heavy (non-hydrogen) atoms. The molecule has 6 rings (SSSR count). The minimum absolute atomic E-state index is 0.00571. The summed E-state index contributed by atoms with van der Waals surface area (Å²) in [6.07, 6.45) is 5.40. The first-order chi connectivity index (χ1) is 28.4. The third-order valence-electron chi connectivity index (χ3n) is 10.5. The van der Waals surface area contributed by atoms with Gasteiger partial charge >= 0.3 is 6.09 Å². The van der Waals surface area contributed by atoms with E-state index in [1.165, 1.54) is 0 Å². The van der Waals surface area contributed by atoms with Gasteiger partial charge in [-0.3, -0.25) is 14.5 Å². The lowest BCUT2D eigenvalue weighted by atomic mass is 9.87. The Kier molecular flexibility index (Phi) is 14.5. The van der Waals surface area contributed by atoms with Crippen molar-refractivity contribution in [1.82, 2.24) is 14.8 Å². The third kappa shape index (κ3) is 10.9. The molecule has 2 bridgehead atoms. The first-order valence-electron chi connectivity index (χ1n) is 19.5. The Morgan fingerprint density at radius 2 is 1.71 bits per heavy atom. The topological polar surface area (TPSA) is 186 Å². The number of nitrogens with zero attached hydrogens (tertiary/aromatic N) is 4. The van der Waals surface area contributed by atoms with Crippen LogP contribution in [0.15, 0.2) is 54.2 Å². The van der Waals surface area contributed by atoms with E-state index in [-0.39, 0.29) is 76.3 Å². The molecule has 18 heteroatoms. The van der Waals surface area contributed by atoms with Crippen molar-refractivity contribution in [3.05, 3.63) is 103 Å². The summed E-state index contributed by atoms with van der Waals surface area (Å²) in [6, 6.07) is 10.8. The fourth-order valence-electron chi connectivity index (χ4n) is 7.44. The number of amides is 3. The van der Waals surface area contributed by atoms with Crippen molar-refractivity contribution < 1.29 is 52.0 Å². The summed E-state index contributed by atoms with van der Waals surface area (Å²) >= 11 is 5.89. The summed E-state index contributed by atoms with van der Waals surface area (Å²) in [5.74, 6) is -2.16. The summed E-state index contributed by atoms with van der Waals surface area (Å²) in [5, 5.41) is 9.05. The van der Waals surface area contributed by atoms with Gasteiger partial charge in [0.1, 0.15) is 24.1 Å². The molecule has 1 saturated heterocycles. The predicted octanol–water partition coefficient (Wildman–Crippen LogP) is 6.13. The summed E-state index contributed by atoms with van der Waals surface area (Å²) < 4.78 is 50.1. The van der Waals surface area contributed by atoms with E-state index in [4.69, 9.17) is 36.3 Å². The van der Waals surface area contributed by atoms with Crippen LogP contribution in [0, 0.1) is 28.7 Å². The minimum atomic E-state index is -0.913. The van der Waals surface area contributed by atoms with Gasteiger partial charge in [0.25, 0.3) is 11.0 Å². The number of carbonyl (C=O) groups is 3. The number of hydrogen-bond acceptors (Lipinski definition) is 11. The Balaban J connectivity index is 1.21. The van der Waals surface area contributed by atoms with Gasteiger partial charge < -0.3 is 34.4 Å². The molecule has 1 saturated carbocycles. The average Bonchev–Trinajstić information content (AvgIpc) is 4.01. The van der Waals surface area contributed by atoms with Crippen molar-refractivity contribution in [2.75, 3.05) is 39.6 Å². The third-order valence-corrected chi connectivity index (χ3v) is 10.9. The second kappa shape index (κ2) is 19.9. The van der Waals surface area contributed by atoms with Gasteiger partial charge in [-0.2, -0.15) is 0 Å².